The van der Waals surface area contributed by atoms with Crippen LogP contribution in [0.15, 0.2) is 4.52 Å². The summed E-state index contributed by atoms with van der Waals surface area (Å²) in [6.07, 6.45) is 4.50. The molecule has 1 aromatic heterocycles. The van der Waals surface area contributed by atoms with Crippen LogP contribution in [0.2, 0.25) is 0 Å². The molecule has 1 aromatic rings. The smallest absolute Gasteiger partial charge is 0.240 e. The molecule has 5 nitrogen and oxygen atoms in total. The number of nitrogens with zero attached hydrogens (tertiary/aromatic N) is 3. The molecule has 102 valence electrons. The van der Waals surface area contributed by atoms with Crippen LogP contribution in [-0.2, 0) is 13.0 Å². The summed E-state index contributed by atoms with van der Waals surface area (Å²) in [6, 6.07) is 0. The van der Waals surface area contributed by atoms with Crippen molar-refractivity contribution in [3.8, 4) is 0 Å². The summed E-state index contributed by atoms with van der Waals surface area (Å²) in [5, 5.41) is 7.25. The number of piperidine rings is 1. The molecule has 0 aromatic carbocycles. The van der Waals surface area contributed by atoms with Crippen LogP contribution in [0.1, 0.15) is 37.9 Å². The van der Waals surface area contributed by atoms with Gasteiger partial charge in [0.15, 0.2) is 5.82 Å². The van der Waals surface area contributed by atoms with E-state index in [1.54, 1.807) is 0 Å². The summed E-state index contributed by atoms with van der Waals surface area (Å²) in [5.41, 5.74) is 0. The van der Waals surface area contributed by atoms with Crippen molar-refractivity contribution in [2.24, 2.45) is 5.92 Å². The van der Waals surface area contributed by atoms with Crippen LogP contribution in [0, 0.1) is 5.92 Å². The molecule has 0 radical (unpaired) electrons. The van der Waals surface area contributed by atoms with E-state index in [9.17, 15) is 0 Å². The molecule has 2 rings (SSSR count). The number of rotatable bonds is 6. The normalized spacial score (nSPS) is 18.3. The molecule has 1 aliphatic heterocycles. The van der Waals surface area contributed by atoms with Crippen molar-refractivity contribution in [1.82, 2.24) is 20.4 Å². The summed E-state index contributed by atoms with van der Waals surface area (Å²) in [7, 11) is 2.03. The van der Waals surface area contributed by atoms with E-state index in [0.717, 1.165) is 56.7 Å². The SMILES string of the molecule is CCCc1noc(CN2CCC(CNC)CC2)n1. The molecule has 0 spiro atoms. The highest BCUT2D eigenvalue weighted by Gasteiger charge is 2.20. The molecular formula is C13H24N4O. The fourth-order valence-electron chi connectivity index (χ4n) is 2.51. The van der Waals surface area contributed by atoms with Gasteiger partial charge in [0.2, 0.25) is 5.89 Å². The van der Waals surface area contributed by atoms with Crippen LogP contribution in [0.4, 0.5) is 0 Å². The Balaban J connectivity index is 1.76. The minimum atomic E-state index is 0.769. The maximum atomic E-state index is 5.28. The average Bonchev–Trinajstić information content (AvgIpc) is 2.80. The van der Waals surface area contributed by atoms with Gasteiger partial charge in [-0.2, -0.15) is 4.98 Å². The first kappa shape index (κ1) is 13.5. The zero-order valence-corrected chi connectivity index (χ0v) is 11.5. The van der Waals surface area contributed by atoms with E-state index < -0.39 is 0 Å². The van der Waals surface area contributed by atoms with Crippen molar-refractivity contribution in [1.29, 1.82) is 0 Å². The summed E-state index contributed by atoms with van der Waals surface area (Å²) in [5.74, 6) is 2.44. The highest BCUT2D eigenvalue weighted by molar-refractivity contribution is 4.87. The van der Waals surface area contributed by atoms with Gasteiger partial charge >= 0.3 is 0 Å². The number of hydrogen-bond acceptors (Lipinski definition) is 5. The first-order chi connectivity index (χ1) is 8.81. The fourth-order valence-corrected chi connectivity index (χ4v) is 2.51. The Kier molecular flexibility index (Phi) is 5.13. The Labute approximate surface area is 109 Å². The van der Waals surface area contributed by atoms with Gasteiger partial charge < -0.3 is 9.84 Å². The molecule has 1 N–H and O–H groups in total. The van der Waals surface area contributed by atoms with Crippen molar-refractivity contribution in [3.63, 3.8) is 0 Å². The third-order valence-corrected chi connectivity index (χ3v) is 3.54. The molecule has 1 fully saturated rings. The second-order valence-corrected chi connectivity index (χ2v) is 5.13. The van der Waals surface area contributed by atoms with Gasteiger partial charge in [-0.3, -0.25) is 4.90 Å². The molecule has 0 amide bonds. The van der Waals surface area contributed by atoms with Gasteiger partial charge in [-0.05, 0) is 51.9 Å². The molecule has 0 atom stereocenters. The lowest BCUT2D eigenvalue weighted by Gasteiger charge is -2.30. The monoisotopic (exact) mass is 252 g/mol. The van der Waals surface area contributed by atoms with Gasteiger partial charge in [-0.1, -0.05) is 12.1 Å². The lowest BCUT2D eigenvalue weighted by atomic mass is 9.97. The second kappa shape index (κ2) is 6.85. The predicted molar refractivity (Wildman–Crippen MR) is 70.2 cm³/mol. The maximum Gasteiger partial charge on any atom is 0.240 e. The Morgan fingerprint density at radius 1 is 1.39 bits per heavy atom. The van der Waals surface area contributed by atoms with Crippen molar-refractivity contribution >= 4 is 0 Å². The maximum absolute atomic E-state index is 5.28. The van der Waals surface area contributed by atoms with E-state index in [4.69, 9.17) is 4.52 Å². The standard InChI is InChI=1S/C13H24N4O/c1-3-4-12-15-13(18-16-12)10-17-7-5-11(6-8-17)9-14-2/h11,14H,3-10H2,1-2H3. The van der Waals surface area contributed by atoms with Gasteiger partial charge in [-0.15, -0.1) is 0 Å². The van der Waals surface area contributed by atoms with E-state index in [0.29, 0.717) is 0 Å². The number of aromatic nitrogens is 2. The fraction of sp³-hybridized carbons (Fsp3) is 0.846. The first-order valence-corrected chi connectivity index (χ1v) is 7.00. The Bertz CT molecular complexity index is 345. The van der Waals surface area contributed by atoms with E-state index in [1.807, 2.05) is 7.05 Å². The van der Waals surface area contributed by atoms with E-state index in [2.05, 4.69) is 27.3 Å². The third kappa shape index (κ3) is 3.78. The van der Waals surface area contributed by atoms with E-state index in [-0.39, 0.29) is 0 Å². The van der Waals surface area contributed by atoms with E-state index >= 15 is 0 Å². The average molecular weight is 252 g/mol. The highest BCUT2D eigenvalue weighted by Crippen LogP contribution is 2.17. The number of aryl methyl sites for hydroxylation is 1. The molecule has 0 saturated carbocycles. The minimum Gasteiger partial charge on any atom is -0.338 e. The zero-order valence-electron chi connectivity index (χ0n) is 11.5. The van der Waals surface area contributed by atoms with Crippen molar-refractivity contribution in [2.45, 2.75) is 39.2 Å². The number of likely N-dealkylation sites (tertiary alicyclic amines) is 1. The Morgan fingerprint density at radius 3 is 2.83 bits per heavy atom. The minimum absolute atomic E-state index is 0.769. The lowest BCUT2D eigenvalue weighted by Crippen LogP contribution is -2.36. The Morgan fingerprint density at radius 2 is 2.17 bits per heavy atom. The van der Waals surface area contributed by atoms with Crippen LogP contribution < -0.4 is 5.32 Å². The van der Waals surface area contributed by atoms with Crippen molar-refractivity contribution in [3.05, 3.63) is 11.7 Å². The summed E-state index contributed by atoms with van der Waals surface area (Å²) in [4.78, 5) is 6.83. The molecule has 1 aliphatic rings. The summed E-state index contributed by atoms with van der Waals surface area (Å²) in [6.45, 7) is 6.34. The molecule has 2 heterocycles. The van der Waals surface area contributed by atoms with Gasteiger partial charge in [0.25, 0.3) is 0 Å². The van der Waals surface area contributed by atoms with Crippen LogP contribution in [0.5, 0.6) is 0 Å². The predicted octanol–water partition coefficient (Wildman–Crippen LogP) is 1.45. The van der Waals surface area contributed by atoms with Crippen LogP contribution in [-0.4, -0.2) is 41.7 Å². The van der Waals surface area contributed by atoms with Crippen LogP contribution in [0.25, 0.3) is 0 Å². The van der Waals surface area contributed by atoms with E-state index in [1.165, 1.54) is 12.8 Å². The zero-order chi connectivity index (χ0) is 12.8. The summed E-state index contributed by atoms with van der Waals surface area (Å²) >= 11 is 0. The lowest BCUT2D eigenvalue weighted by molar-refractivity contribution is 0.158. The first-order valence-electron chi connectivity index (χ1n) is 7.00. The van der Waals surface area contributed by atoms with Crippen molar-refractivity contribution in [2.75, 3.05) is 26.7 Å². The number of hydrogen-bond donors (Lipinski definition) is 1. The van der Waals surface area contributed by atoms with Crippen LogP contribution >= 0.6 is 0 Å². The van der Waals surface area contributed by atoms with Crippen LogP contribution in [0.3, 0.4) is 0 Å². The molecule has 18 heavy (non-hydrogen) atoms. The molecular weight excluding hydrogens is 228 g/mol. The van der Waals surface area contributed by atoms with Gasteiger partial charge in [-0.25, -0.2) is 0 Å². The van der Waals surface area contributed by atoms with Gasteiger partial charge in [0, 0.05) is 6.42 Å². The largest absolute Gasteiger partial charge is 0.338 e. The quantitative estimate of drug-likeness (QED) is 0.830. The molecule has 0 unspecified atom stereocenters. The topological polar surface area (TPSA) is 54.2 Å². The third-order valence-electron chi connectivity index (χ3n) is 3.54. The van der Waals surface area contributed by atoms with Gasteiger partial charge in [0.1, 0.15) is 0 Å². The highest BCUT2D eigenvalue weighted by atomic mass is 16.5. The molecule has 0 bridgehead atoms. The van der Waals surface area contributed by atoms with Crippen molar-refractivity contribution < 1.29 is 4.52 Å². The van der Waals surface area contributed by atoms with Gasteiger partial charge in [0.05, 0.1) is 6.54 Å². The molecule has 5 heteroatoms. The second-order valence-electron chi connectivity index (χ2n) is 5.13. The molecule has 0 aliphatic carbocycles. The molecule has 1 saturated heterocycles. The number of nitrogens with one attached hydrogen (secondary N) is 1. The summed E-state index contributed by atoms with van der Waals surface area (Å²) < 4.78 is 5.28. The Hall–Kier alpha value is -0.940.